The standard InChI is InChI=1S/C18H20N2O2/c1-3-12-7-9-13(10-8-12)17-16(19)18(21)20(17)14-5-4-6-15(11-14)22-2/h4-11,16-17H,3,19H2,1-2H3/t16-,17-/m1/s1. The van der Waals surface area contributed by atoms with Crippen LogP contribution in [0.4, 0.5) is 5.69 Å². The Kier molecular flexibility index (Phi) is 3.86. The highest BCUT2D eigenvalue weighted by Crippen LogP contribution is 2.39. The molecule has 0 saturated carbocycles. The van der Waals surface area contributed by atoms with E-state index in [1.165, 1.54) is 5.56 Å². The minimum Gasteiger partial charge on any atom is -0.497 e. The third-order valence-corrected chi connectivity index (χ3v) is 4.20. The number of nitrogens with zero attached hydrogens (tertiary/aromatic N) is 1. The first-order chi connectivity index (χ1) is 10.7. The molecule has 114 valence electrons. The summed E-state index contributed by atoms with van der Waals surface area (Å²) in [5, 5.41) is 0. The summed E-state index contributed by atoms with van der Waals surface area (Å²) in [6.07, 6.45) is 0.996. The quantitative estimate of drug-likeness (QED) is 0.883. The van der Waals surface area contributed by atoms with E-state index in [1.54, 1.807) is 12.0 Å². The van der Waals surface area contributed by atoms with E-state index in [9.17, 15) is 4.79 Å². The van der Waals surface area contributed by atoms with E-state index in [0.717, 1.165) is 23.4 Å². The molecule has 1 amide bonds. The molecular formula is C18H20N2O2. The Morgan fingerprint density at radius 2 is 1.91 bits per heavy atom. The van der Waals surface area contributed by atoms with E-state index < -0.39 is 6.04 Å². The van der Waals surface area contributed by atoms with Gasteiger partial charge in [0.25, 0.3) is 0 Å². The van der Waals surface area contributed by atoms with E-state index in [4.69, 9.17) is 10.5 Å². The fourth-order valence-corrected chi connectivity index (χ4v) is 2.87. The highest BCUT2D eigenvalue weighted by molar-refractivity contribution is 6.05. The van der Waals surface area contributed by atoms with Crippen LogP contribution in [0.5, 0.6) is 5.75 Å². The van der Waals surface area contributed by atoms with Crippen LogP contribution in [0.15, 0.2) is 48.5 Å². The van der Waals surface area contributed by atoms with Crippen molar-refractivity contribution in [3.8, 4) is 5.75 Å². The maximum absolute atomic E-state index is 12.2. The smallest absolute Gasteiger partial charge is 0.247 e. The van der Waals surface area contributed by atoms with Crippen molar-refractivity contribution in [2.75, 3.05) is 12.0 Å². The molecule has 4 nitrogen and oxygen atoms in total. The molecule has 0 aliphatic carbocycles. The molecule has 1 fully saturated rings. The zero-order chi connectivity index (χ0) is 15.7. The van der Waals surface area contributed by atoms with Crippen molar-refractivity contribution in [2.24, 2.45) is 5.73 Å². The maximum Gasteiger partial charge on any atom is 0.247 e. The van der Waals surface area contributed by atoms with Gasteiger partial charge in [-0.15, -0.1) is 0 Å². The Bertz CT molecular complexity index is 682. The summed E-state index contributed by atoms with van der Waals surface area (Å²) in [6, 6.07) is 15.2. The highest BCUT2D eigenvalue weighted by Gasteiger charge is 2.46. The normalized spacial score (nSPS) is 20.7. The molecule has 1 aliphatic heterocycles. The van der Waals surface area contributed by atoms with Gasteiger partial charge in [-0.1, -0.05) is 37.3 Å². The molecule has 0 spiro atoms. The third kappa shape index (κ3) is 2.35. The van der Waals surface area contributed by atoms with Gasteiger partial charge >= 0.3 is 0 Å². The number of aryl methyl sites for hydroxylation is 1. The van der Waals surface area contributed by atoms with Crippen molar-refractivity contribution >= 4 is 11.6 Å². The van der Waals surface area contributed by atoms with Crippen LogP contribution >= 0.6 is 0 Å². The predicted molar refractivity (Wildman–Crippen MR) is 87.0 cm³/mol. The summed E-state index contributed by atoms with van der Waals surface area (Å²) >= 11 is 0. The largest absolute Gasteiger partial charge is 0.497 e. The molecule has 3 rings (SSSR count). The molecule has 1 heterocycles. The van der Waals surface area contributed by atoms with E-state index in [1.807, 2.05) is 24.3 Å². The van der Waals surface area contributed by atoms with Gasteiger partial charge in [-0.05, 0) is 29.7 Å². The minimum atomic E-state index is -0.487. The molecule has 22 heavy (non-hydrogen) atoms. The first-order valence-corrected chi connectivity index (χ1v) is 7.47. The lowest BCUT2D eigenvalue weighted by molar-refractivity contribution is -0.126. The van der Waals surface area contributed by atoms with Crippen molar-refractivity contribution in [3.05, 3.63) is 59.7 Å². The average molecular weight is 296 g/mol. The lowest BCUT2D eigenvalue weighted by Crippen LogP contribution is -2.63. The van der Waals surface area contributed by atoms with E-state index in [2.05, 4.69) is 31.2 Å². The number of β-lactam (4-membered cyclic amide) rings is 1. The van der Waals surface area contributed by atoms with E-state index in [-0.39, 0.29) is 11.9 Å². The van der Waals surface area contributed by atoms with Crippen LogP contribution in [0.2, 0.25) is 0 Å². The SMILES string of the molecule is CCc1ccc([C@@H]2[C@@H](N)C(=O)N2c2cccc(OC)c2)cc1. The Morgan fingerprint density at radius 1 is 1.18 bits per heavy atom. The summed E-state index contributed by atoms with van der Waals surface area (Å²) in [6.45, 7) is 2.12. The minimum absolute atomic E-state index is 0.0576. The Balaban J connectivity index is 1.93. The van der Waals surface area contributed by atoms with Gasteiger partial charge in [-0.3, -0.25) is 4.79 Å². The van der Waals surface area contributed by atoms with Crippen LogP contribution in [0.1, 0.15) is 24.1 Å². The first kappa shape index (κ1) is 14.6. The summed E-state index contributed by atoms with van der Waals surface area (Å²) in [7, 11) is 1.61. The number of methoxy groups -OCH3 is 1. The van der Waals surface area contributed by atoms with Crippen LogP contribution in [-0.4, -0.2) is 19.1 Å². The van der Waals surface area contributed by atoms with Gasteiger partial charge in [-0.2, -0.15) is 0 Å². The Morgan fingerprint density at radius 3 is 2.55 bits per heavy atom. The monoisotopic (exact) mass is 296 g/mol. The molecule has 2 aromatic rings. The van der Waals surface area contributed by atoms with Crippen LogP contribution in [0, 0.1) is 0 Å². The molecule has 4 heteroatoms. The summed E-state index contributed by atoms with van der Waals surface area (Å²) < 4.78 is 5.24. The van der Waals surface area contributed by atoms with Gasteiger partial charge < -0.3 is 15.4 Å². The van der Waals surface area contributed by atoms with Crippen LogP contribution in [0.3, 0.4) is 0 Å². The van der Waals surface area contributed by atoms with Crippen molar-refractivity contribution in [3.63, 3.8) is 0 Å². The van der Waals surface area contributed by atoms with Gasteiger partial charge in [0.1, 0.15) is 11.8 Å². The topological polar surface area (TPSA) is 55.6 Å². The van der Waals surface area contributed by atoms with E-state index in [0.29, 0.717) is 0 Å². The summed E-state index contributed by atoms with van der Waals surface area (Å²) in [4.78, 5) is 14.0. The second-order valence-corrected chi connectivity index (χ2v) is 5.48. The number of nitrogens with two attached hydrogens (primary N) is 1. The lowest BCUT2D eigenvalue weighted by atomic mass is 9.88. The van der Waals surface area contributed by atoms with E-state index >= 15 is 0 Å². The molecule has 2 aromatic carbocycles. The van der Waals surface area contributed by atoms with Gasteiger partial charge in [0.2, 0.25) is 5.91 Å². The zero-order valence-corrected chi connectivity index (χ0v) is 12.8. The fraction of sp³-hybridized carbons (Fsp3) is 0.278. The van der Waals surface area contributed by atoms with Gasteiger partial charge in [0, 0.05) is 11.8 Å². The zero-order valence-electron chi connectivity index (χ0n) is 12.8. The van der Waals surface area contributed by atoms with Crippen molar-refractivity contribution in [2.45, 2.75) is 25.4 Å². The first-order valence-electron chi connectivity index (χ1n) is 7.47. The molecule has 1 aliphatic rings. The van der Waals surface area contributed by atoms with Gasteiger partial charge in [0.05, 0.1) is 13.2 Å². The number of hydrogen-bond acceptors (Lipinski definition) is 3. The molecule has 0 aromatic heterocycles. The number of carbonyl (C=O) groups excluding carboxylic acids is 1. The number of ether oxygens (including phenoxy) is 1. The number of anilines is 1. The molecule has 0 bridgehead atoms. The summed E-state index contributed by atoms with van der Waals surface area (Å²) in [5.74, 6) is 0.670. The third-order valence-electron chi connectivity index (χ3n) is 4.20. The predicted octanol–water partition coefficient (Wildman–Crippen LogP) is 2.67. The Labute approximate surface area is 130 Å². The number of amides is 1. The second-order valence-electron chi connectivity index (χ2n) is 5.48. The maximum atomic E-state index is 12.2. The highest BCUT2D eigenvalue weighted by atomic mass is 16.5. The molecular weight excluding hydrogens is 276 g/mol. The van der Waals surface area contributed by atoms with Gasteiger partial charge in [0.15, 0.2) is 0 Å². The van der Waals surface area contributed by atoms with Crippen LogP contribution < -0.4 is 15.4 Å². The number of rotatable bonds is 4. The van der Waals surface area contributed by atoms with Crippen LogP contribution in [0.25, 0.3) is 0 Å². The molecule has 0 unspecified atom stereocenters. The van der Waals surface area contributed by atoms with Crippen LogP contribution in [-0.2, 0) is 11.2 Å². The molecule has 0 radical (unpaired) electrons. The molecule has 1 saturated heterocycles. The Hall–Kier alpha value is -2.33. The average Bonchev–Trinajstić information content (AvgIpc) is 2.58. The van der Waals surface area contributed by atoms with Crippen molar-refractivity contribution in [1.82, 2.24) is 0 Å². The number of carbonyl (C=O) groups is 1. The molecule has 2 N–H and O–H groups in total. The lowest BCUT2D eigenvalue weighted by Gasteiger charge is -2.45. The van der Waals surface area contributed by atoms with Crippen molar-refractivity contribution < 1.29 is 9.53 Å². The number of hydrogen-bond donors (Lipinski definition) is 1. The fourth-order valence-electron chi connectivity index (χ4n) is 2.87. The number of benzene rings is 2. The molecule has 2 atom stereocenters. The van der Waals surface area contributed by atoms with Crippen molar-refractivity contribution in [1.29, 1.82) is 0 Å². The van der Waals surface area contributed by atoms with Gasteiger partial charge in [-0.25, -0.2) is 0 Å². The second kappa shape index (κ2) is 5.81. The summed E-state index contributed by atoms with van der Waals surface area (Å²) in [5.41, 5.74) is 9.20.